The van der Waals surface area contributed by atoms with E-state index in [1.807, 2.05) is 6.07 Å². The van der Waals surface area contributed by atoms with Crippen LogP contribution in [-0.4, -0.2) is 22.1 Å². The number of alkyl halides is 3. The Balaban J connectivity index is 2.52. The zero-order chi connectivity index (χ0) is 15.2. The van der Waals surface area contributed by atoms with Gasteiger partial charge in [-0.15, -0.1) is 0 Å². The summed E-state index contributed by atoms with van der Waals surface area (Å²) >= 11 is 16.8. The highest BCUT2D eigenvalue weighted by Crippen LogP contribution is 2.31. The summed E-state index contributed by atoms with van der Waals surface area (Å²) in [6.07, 6.45) is -2.31. The lowest BCUT2D eigenvalue weighted by Gasteiger charge is -2.24. The van der Waals surface area contributed by atoms with Gasteiger partial charge in [-0.2, -0.15) is 0 Å². The number of carbonyl (C=O) groups excluding carboxylic acids is 2. The Hall–Kier alpha value is -1.17. The molecule has 0 aliphatic rings. The third kappa shape index (κ3) is 6.32. The second kappa shape index (κ2) is 7.57. The Morgan fingerprint density at radius 2 is 1.85 bits per heavy atom. The average Bonchev–Trinajstić information content (AvgIpc) is 2.35. The van der Waals surface area contributed by atoms with E-state index >= 15 is 0 Å². The third-order valence-corrected chi connectivity index (χ3v) is 2.64. The number of ether oxygens (including phenoxy) is 2. The van der Waals surface area contributed by atoms with E-state index in [1.54, 1.807) is 24.3 Å². The number of benzene rings is 1. The third-order valence-electron chi connectivity index (χ3n) is 2.04. The summed E-state index contributed by atoms with van der Waals surface area (Å²) in [7, 11) is 0. The second-order valence-corrected chi connectivity index (χ2v) is 6.11. The van der Waals surface area contributed by atoms with E-state index in [-0.39, 0.29) is 6.61 Å². The fourth-order valence-electron chi connectivity index (χ4n) is 1.22. The van der Waals surface area contributed by atoms with Crippen molar-refractivity contribution in [1.82, 2.24) is 5.32 Å². The maximum Gasteiger partial charge on any atom is 0.410 e. The molecule has 1 amide bonds. The van der Waals surface area contributed by atoms with E-state index in [9.17, 15) is 9.59 Å². The van der Waals surface area contributed by atoms with Crippen molar-refractivity contribution in [3.05, 3.63) is 35.9 Å². The molecule has 0 radical (unpaired) electrons. The van der Waals surface area contributed by atoms with Crippen LogP contribution in [-0.2, 0) is 20.9 Å². The van der Waals surface area contributed by atoms with E-state index in [0.717, 1.165) is 12.5 Å². The molecule has 0 spiro atoms. The number of nitrogens with one attached hydrogen (secondary N) is 1. The summed E-state index contributed by atoms with van der Waals surface area (Å²) < 4.78 is 7.61. The highest BCUT2D eigenvalue weighted by Gasteiger charge is 2.37. The lowest BCUT2D eigenvalue weighted by molar-refractivity contribution is -0.147. The minimum atomic E-state index is -2.00. The average molecular weight is 341 g/mol. The molecule has 20 heavy (non-hydrogen) atoms. The number of rotatable bonds is 4. The number of halogens is 3. The van der Waals surface area contributed by atoms with Crippen molar-refractivity contribution in [2.24, 2.45) is 0 Å². The zero-order valence-electron chi connectivity index (χ0n) is 10.4. The number of carbonyl (C=O) groups is 2. The van der Waals surface area contributed by atoms with Crippen LogP contribution in [0.25, 0.3) is 0 Å². The molecule has 0 fully saturated rings. The van der Waals surface area contributed by atoms with Gasteiger partial charge in [-0.3, -0.25) is 10.1 Å². The molecule has 0 saturated carbocycles. The van der Waals surface area contributed by atoms with Crippen LogP contribution >= 0.6 is 34.8 Å². The number of esters is 1. The minimum absolute atomic E-state index is 0.0410. The van der Waals surface area contributed by atoms with Crippen LogP contribution < -0.4 is 5.32 Å². The summed E-state index contributed by atoms with van der Waals surface area (Å²) in [5.41, 5.74) is 0.792. The molecule has 1 unspecified atom stereocenters. The molecule has 1 aromatic rings. The zero-order valence-corrected chi connectivity index (χ0v) is 12.7. The van der Waals surface area contributed by atoms with Crippen LogP contribution in [0.2, 0.25) is 0 Å². The Kier molecular flexibility index (Phi) is 6.39. The molecule has 0 saturated heterocycles. The van der Waals surface area contributed by atoms with Gasteiger partial charge in [-0.25, -0.2) is 4.79 Å². The van der Waals surface area contributed by atoms with Crippen LogP contribution in [0.4, 0.5) is 4.79 Å². The molecule has 0 heterocycles. The minimum Gasteiger partial charge on any atom is -0.445 e. The van der Waals surface area contributed by atoms with Crippen LogP contribution in [0.1, 0.15) is 12.5 Å². The summed E-state index contributed by atoms with van der Waals surface area (Å²) in [6, 6.07) is 9.01. The molecule has 0 aromatic heterocycles. The molecular weight excluding hydrogens is 328 g/mol. The number of amides is 1. The van der Waals surface area contributed by atoms with Gasteiger partial charge in [0.15, 0.2) is 0 Å². The number of hydrogen-bond donors (Lipinski definition) is 1. The van der Waals surface area contributed by atoms with Crippen LogP contribution in [0.5, 0.6) is 0 Å². The summed E-state index contributed by atoms with van der Waals surface area (Å²) in [5.74, 6) is -0.704. The molecule has 0 bridgehead atoms. The molecule has 1 atom stereocenters. The second-order valence-electron chi connectivity index (χ2n) is 3.74. The Bertz CT molecular complexity index is 462. The highest BCUT2D eigenvalue weighted by atomic mass is 35.6. The summed E-state index contributed by atoms with van der Waals surface area (Å²) in [5, 5.41) is 2.16. The Labute approximate surface area is 131 Å². The topological polar surface area (TPSA) is 64.6 Å². The lowest BCUT2D eigenvalue weighted by atomic mass is 10.2. The Morgan fingerprint density at radius 3 is 2.35 bits per heavy atom. The van der Waals surface area contributed by atoms with Gasteiger partial charge in [0.1, 0.15) is 6.61 Å². The van der Waals surface area contributed by atoms with E-state index in [4.69, 9.17) is 44.3 Å². The maximum atomic E-state index is 11.6. The van der Waals surface area contributed by atoms with E-state index < -0.39 is 22.1 Å². The largest absolute Gasteiger partial charge is 0.445 e. The fourth-order valence-corrected chi connectivity index (χ4v) is 1.51. The van der Waals surface area contributed by atoms with E-state index in [2.05, 4.69) is 5.32 Å². The number of hydrogen-bond acceptors (Lipinski definition) is 4. The van der Waals surface area contributed by atoms with Gasteiger partial charge < -0.3 is 9.47 Å². The first-order valence-electron chi connectivity index (χ1n) is 5.50. The molecule has 1 rings (SSSR count). The standard InChI is InChI=1S/C12H12Cl3NO4/c1-8(17)20-10(12(13,14)15)16-11(18)19-7-9-5-3-2-4-6-9/h2-6,10H,7H2,1H3,(H,16,18). The summed E-state index contributed by atoms with van der Waals surface area (Å²) in [4.78, 5) is 22.4. The van der Waals surface area contributed by atoms with Crippen molar-refractivity contribution in [2.45, 2.75) is 23.6 Å². The molecule has 1 aromatic carbocycles. The predicted octanol–water partition coefficient (Wildman–Crippen LogP) is 3.17. The van der Waals surface area contributed by atoms with Crippen molar-refractivity contribution in [3.63, 3.8) is 0 Å². The lowest BCUT2D eigenvalue weighted by Crippen LogP contribution is -2.46. The van der Waals surface area contributed by atoms with Crippen molar-refractivity contribution in [1.29, 1.82) is 0 Å². The van der Waals surface area contributed by atoms with Crippen molar-refractivity contribution in [2.75, 3.05) is 0 Å². The van der Waals surface area contributed by atoms with Gasteiger partial charge in [0.2, 0.25) is 10.0 Å². The highest BCUT2D eigenvalue weighted by molar-refractivity contribution is 6.68. The normalized spacial score (nSPS) is 12.4. The van der Waals surface area contributed by atoms with Gasteiger partial charge in [-0.1, -0.05) is 65.1 Å². The molecular formula is C12H12Cl3NO4. The quantitative estimate of drug-likeness (QED) is 0.519. The molecule has 0 aliphatic carbocycles. The van der Waals surface area contributed by atoms with E-state index in [0.29, 0.717) is 0 Å². The van der Waals surface area contributed by atoms with Crippen molar-refractivity contribution < 1.29 is 19.1 Å². The van der Waals surface area contributed by atoms with Crippen LogP contribution in [0.3, 0.4) is 0 Å². The first-order chi connectivity index (χ1) is 9.29. The Morgan fingerprint density at radius 1 is 1.25 bits per heavy atom. The van der Waals surface area contributed by atoms with Crippen molar-refractivity contribution in [3.8, 4) is 0 Å². The maximum absolute atomic E-state index is 11.6. The van der Waals surface area contributed by atoms with Crippen molar-refractivity contribution >= 4 is 46.9 Å². The van der Waals surface area contributed by atoms with Gasteiger partial charge in [-0.05, 0) is 5.56 Å². The molecule has 1 N–H and O–H groups in total. The van der Waals surface area contributed by atoms with E-state index in [1.165, 1.54) is 0 Å². The smallest absolute Gasteiger partial charge is 0.410 e. The molecule has 110 valence electrons. The fraction of sp³-hybridized carbons (Fsp3) is 0.333. The summed E-state index contributed by atoms with van der Waals surface area (Å²) in [6.45, 7) is 1.17. The van der Waals surface area contributed by atoms with Crippen LogP contribution in [0.15, 0.2) is 30.3 Å². The first kappa shape index (κ1) is 16.9. The number of alkyl carbamates (subject to hydrolysis) is 1. The van der Waals surface area contributed by atoms with Gasteiger partial charge in [0, 0.05) is 6.92 Å². The molecule has 5 nitrogen and oxygen atoms in total. The SMILES string of the molecule is CC(=O)OC(NC(=O)OCc1ccccc1)C(Cl)(Cl)Cl. The van der Waals surface area contributed by atoms with Crippen LogP contribution in [0, 0.1) is 0 Å². The first-order valence-corrected chi connectivity index (χ1v) is 6.63. The predicted molar refractivity (Wildman–Crippen MR) is 75.6 cm³/mol. The van der Waals surface area contributed by atoms with Gasteiger partial charge in [0.05, 0.1) is 0 Å². The monoisotopic (exact) mass is 339 g/mol. The molecule has 0 aliphatic heterocycles. The molecule has 8 heteroatoms. The van der Waals surface area contributed by atoms with Gasteiger partial charge in [0.25, 0.3) is 0 Å². The van der Waals surface area contributed by atoms with Gasteiger partial charge >= 0.3 is 12.1 Å².